The summed E-state index contributed by atoms with van der Waals surface area (Å²) < 4.78 is 0. The molecule has 0 fully saturated rings. The van der Waals surface area contributed by atoms with Crippen LogP contribution in [0.4, 0.5) is 0 Å². The zero-order valence-electron chi connectivity index (χ0n) is 7.22. The molecule has 0 saturated carbocycles. The predicted octanol–water partition coefficient (Wildman–Crippen LogP) is 1.35. The van der Waals surface area contributed by atoms with E-state index in [4.69, 9.17) is 0 Å². The van der Waals surface area contributed by atoms with E-state index in [1.54, 1.807) is 0 Å². The molecule has 64 valence electrons. The highest BCUT2D eigenvalue weighted by Gasteiger charge is 2.13. The van der Waals surface area contributed by atoms with Crippen LogP contribution in [-0.4, -0.2) is 11.7 Å². The van der Waals surface area contributed by atoms with Crippen LogP contribution < -0.4 is 5.32 Å². The van der Waals surface area contributed by atoms with Gasteiger partial charge in [0.05, 0.1) is 0 Å². The highest BCUT2D eigenvalue weighted by atomic mass is 16.3. The minimum atomic E-state index is 0.472. The van der Waals surface area contributed by atoms with Crippen molar-refractivity contribution in [2.24, 2.45) is 0 Å². The summed E-state index contributed by atoms with van der Waals surface area (Å²) >= 11 is 0. The third-order valence-corrected chi connectivity index (χ3v) is 2.45. The third-order valence-electron chi connectivity index (χ3n) is 2.45. The molecule has 0 aromatic heterocycles. The smallest absolute Gasteiger partial charge is 0.123 e. The van der Waals surface area contributed by atoms with Crippen LogP contribution in [0.2, 0.25) is 0 Å². The van der Waals surface area contributed by atoms with E-state index in [-0.39, 0.29) is 0 Å². The number of rotatable bonds is 0. The second kappa shape index (κ2) is 2.79. The van der Waals surface area contributed by atoms with Gasteiger partial charge in [-0.05, 0) is 31.0 Å². The van der Waals surface area contributed by atoms with E-state index >= 15 is 0 Å². The Bertz CT molecular complexity index is 307. The van der Waals surface area contributed by atoms with Crippen molar-refractivity contribution in [1.29, 1.82) is 0 Å². The van der Waals surface area contributed by atoms with E-state index in [0.717, 1.165) is 30.6 Å². The average molecular weight is 163 g/mol. The predicted molar refractivity (Wildman–Crippen MR) is 48.3 cm³/mol. The Morgan fingerprint density at radius 3 is 3.08 bits per heavy atom. The summed E-state index contributed by atoms with van der Waals surface area (Å²) in [6.07, 6.45) is 1.03. The molecular formula is C10H13NO. The molecule has 1 aromatic rings. The molecule has 2 nitrogen and oxygen atoms in total. The van der Waals surface area contributed by atoms with Crippen molar-refractivity contribution in [2.45, 2.75) is 19.9 Å². The Balaban J connectivity index is 2.54. The van der Waals surface area contributed by atoms with Gasteiger partial charge in [0.25, 0.3) is 0 Å². The van der Waals surface area contributed by atoms with Crippen LogP contribution in [0.3, 0.4) is 0 Å². The van der Waals surface area contributed by atoms with E-state index in [0.29, 0.717) is 5.75 Å². The largest absolute Gasteiger partial charge is 0.507 e. The third kappa shape index (κ3) is 1.08. The van der Waals surface area contributed by atoms with Crippen molar-refractivity contribution >= 4 is 0 Å². The fraction of sp³-hybridized carbons (Fsp3) is 0.400. The summed E-state index contributed by atoms with van der Waals surface area (Å²) in [6.45, 7) is 3.77. The Hall–Kier alpha value is -1.02. The van der Waals surface area contributed by atoms with Gasteiger partial charge in [-0.25, -0.2) is 0 Å². The minimum absolute atomic E-state index is 0.472. The van der Waals surface area contributed by atoms with E-state index in [1.165, 1.54) is 5.56 Å². The molecular weight excluding hydrogens is 150 g/mol. The number of hydrogen-bond acceptors (Lipinski definition) is 2. The summed E-state index contributed by atoms with van der Waals surface area (Å²) in [5.74, 6) is 0.472. The van der Waals surface area contributed by atoms with Crippen molar-refractivity contribution in [2.75, 3.05) is 6.54 Å². The molecule has 0 radical (unpaired) electrons. The fourth-order valence-corrected chi connectivity index (χ4v) is 1.66. The van der Waals surface area contributed by atoms with E-state index in [1.807, 2.05) is 13.0 Å². The minimum Gasteiger partial charge on any atom is -0.507 e. The van der Waals surface area contributed by atoms with Gasteiger partial charge in [-0.1, -0.05) is 12.1 Å². The quantitative estimate of drug-likeness (QED) is 0.605. The monoisotopic (exact) mass is 163 g/mol. The highest BCUT2D eigenvalue weighted by Crippen LogP contribution is 2.27. The van der Waals surface area contributed by atoms with Gasteiger partial charge in [0.15, 0.2) is 0 Å². The first-order valence-electron chi connectivity index (χ1n) is 4.30. The summed E-state index contributed by atoms with van der Waals surface area (Å²) in [7, 11) is 0. The summed E-state index contributed by atoms with van der Waals surface area (Å²) in [6, 6.07) is 4.10. The van der Waals surface area contributed by atoms with Crippen LogP contribution in [0.15, 0.2) is 12.1 Å². The number of aryl methyl sites for hydroxylation is 1. The maximum absolute atomic E-state index is 9.70. The lowest BCUT2D eigenvalue weighted by Gasteiger charge is -2.18. The highest BCUT2D eigenvalue weighted by molar-refractivity contribution is 5.45. The Kier molecular flexibility index (Phi) is 1.77. The molecule has 1 heterocycles. The van der Waals surface area contributed by atoms with Crippen LogP contribution in [0.1, 0.15) is 16.7 Å². The van der Waals surface area contributed by atoms with Crippen molar-refractivity contribution in [1.82, 2.24) is 5.32 Å². The van der Waals surface area contributed by atoms with E-state index < -0.39 is 0 Å². The summed E-state index contributed by atoms with van der Waals surface area (Å²) in [5.41, 5.74) is 3.34. The maximum Gasteiger partial charge on any atom is 0.123 e. The van der Waals surface area contributed by atoms with Crippen molar-refractivity contribution in [3.63, 3.8) is 0 Å². The first-order valence-corrected chi connectivity index (χ1v) is 4.30. The lowest BCUT2D eigenvalue weighted by atomic mass is 9.98. The van der Waals surface area contributed by atoms with Gasteiger partial charge in [-0.15, -0.1) is 0 Å². The SMILES string of the molecule is Cc1ccc2c(c1O)CNCC2. The lowest BCUT2D eigenvalue weighted by molar-refractivity contribution is 0.455. The van der Waals surface area contributed by atoms with Gasteiger partial charge in [-0.3, -0.25) is 0 Å². The topological polar surface area (TPSA) is 32.3 Å². The van der Waals surface area contributed by atoms with Crippen LogP contribution >= 0.6 is 0 Å². The Morgan fingerprint density at radius 2 is 2.25 bits per heavy atom. The summed E-state index contributed by atoms with van der Waals surface area (Å²) in [5, 5.41) is 13.0. The second-order valence-electron chi connectivity index (χ2n) is 3.30. The van der Waals surface area contributed by atoms with Gasteiger partial charge in [-0.2, -0.15) is 0 Å². The molecule has 0 spiro atoms. The molecule has 0 aliphatic carbocycles. The van der Waals surface area contributed by atoms with E-state index in [9.17, 15) is 5.11 Å². The second-order valence-corrected chi connectivity index (χ2v) is 3.30. The summed E-state index contributed by atoms with van der Waals surface area (Å²) in [4.78, 5) is 0. The number of phenolic OH excluding ortho intramolecular Hbond substituents is 1. The molecule has 0 amide bonds. The normalized spacial score (nSPS) is 15.8. The van der Waals surface area contributed by atoms with Gasteiger partial charge < -0.3 is 10.4 Å². The van der Waals surface area contributed by atoms with Crippen molar-refractivity contribution in [3.05, 3.63) is 28.8 Å². The number of fused-ring (bicyclic) bond motifs is 1. The first-order chi connectivity index (χ1) is 5.79. The van der Waals surface area contributed by atoms with Gasteiger partial charge >= 0.3 is 0 Å². The molecule has 2 rings (SSSR count). The molecule has 2 heteroatoms. The number of hydrogen-bond donors (Lipinski definition) is 2. The molecule has 2 N–H and O–H groups in total. The standard InChI is InChI=1S/C10H13NO/c1-7-2-3-8-4-5-11-6-9(8)10(7)12/h2-3,11-12H,4-6H2,1H3. The number of benzene rings is 1. The van der Waals surface area contributed by atoms with Gasteiger partial charge in [0.1, 0.15) is 5.75 Å². The molecule has 0 bridgehead atoms. The molecule has 12 heavy (non-hydrogen) atoms. The molecule has 0 unspecified atom stereocenters. The van der Waals surface area contributed by atoms with Crippen LogP contribution in [-0.2, 0) is 13.0 Å². The fourth-order valence-electron chi connectivity index (χ4n) is 1.66. The first kappa shape index (κ1) is 7.62. The van der Waals surface area contributed by atoms with Crippen LogP contribution in [0.25, 0.3) is 0 Å². The number of phenols is 1. The van der Waals surface area contributed by atoms with Gasteiger partial charge in [0, 0.05) is 12.1 Å². The van der Waals surface area contributed by atoms with Gasteiger partial charge in [0.2, 0.25) is 0 Å². The number of nitrogens with one attached hydrogen (secondary N) is 1. The Labute approximate surface area is 72.2 Å². The molecule has 0 saturated heterocycles. The maximum atomic E-state index is 9.70. The van der Waals surface area contributed by atoms with E-state index in [2.05, 4.69) is 11.4 Å². The molecule has 1 aliphatic rings. The van der Waals surface area contributed by atoms with Crippen molar-refractivity contribution < 1.29 is 5.11 Å². The molecule has 1 aromatic carbocycles. The lowest BCUT2D eigenvalue weighted by Crippen LogP contribution is -2.23. The number of aromatic hydroxyl groups is 1. The van der Waals surface area contributed by atoms with Crippen LogP contribution in [0.5, 0.6) is 5.75 Å². The zero-order valence-corrected chi connectivity index (χ0v) is 7.22. The van der Waals surface area contributed by atoms with Crippen molar-refractivity contribution in [3.8, 4) is 5.75 Å². The molecule has 1 aliphatic heterocycles. The van der Waals surface area contributed by atoms with Crippen LogP contribution in [0, 0.1) is 6.92 Å². The molecule has 0 atom stereocenters. The average Bonchev–Trinajstić information content (AvgIpc) is 2.12. The Morgan fingerprint density at radius 1 is 1.42 bits per heavy atom. The zero-order chi connectivity index (χ0) is 8.55.